The minimum atomic E-state index is -0.0635. The Morgan fingerprint density at radius 2 is 2.14 bits per heavy atom. The zero-order valence-corrected chi connectivity index (χ0v) is 13.4. The molecule has 2 aliphatic rings. The zero-order valence-electron chi connectivity index (χ0n) is 13.4. The van der Waals surface area contributed by atoms with Gasteiger partial charge in [0.25, 0.3) is 0 Å². The molecule has 1 aromatic carbocycles. The molecule has 0 saturated heterocycles. The van der Waals surface area contributed by atoms with E-state index in [-0.39, 0.29) is 11.6 Å². The van der Waals surface area contributed by atoms with E-state index in [0.29, 0.717) is 5.92 Å². The van der Waals surface area contributed by atoms with Crippen molar-refractivity contribution in [3.63, 3.8) is 0 Å². The van der Waals surface area contributed by atoms with Gasteiger partial charge in [0.2, 0.25) is 0 Å². The largest absolute Gasteiger partial charge is 0.497 e. The molecule has 21 heavy (non-hydrogen) atoms. The van der Waals surface area contributed by atoms with E-state index < -0.39 is 0 Å². The molecule has 3 atom stereocenters. The molecule has 0 bridgehead atoms. The molecule has 1 saturated carbocycles. The van der Waals surface area contributed by atoms with Crippen LogP contribution < -0.4 is 15.2 Å². The number of rotatable bonds is 2. The number of hydrogen-bond donors (Lipinski definition) is 1. The smallest absolute Gasteiger partial charge is 0.128 e. The van der Waals surface area contributed by atoms with Crippen molar-refractivity contribution < 1.29 is 9.47 Å². The first-order chi connectivity index (χ1) is 10.0. The molecule has 116 valence electrons. The molecule has 0 radical (unpaired) electrons. The number of hydrogen-bond acceptors (Lipinski definition) is 3. The van der Waals surface area contributed by atoms with Crippen LogP contribution in [0.5, 0.6) is 11.5 Å². The molecule has 1 heterocycles. The fraction of sp³-hybridized carbons (Fsp3) is 0.667. The summed E-state index contributed by atoms with van der Waals surface area (Å²) in [5.74, 6) is 3.23. The third-order valence-electron chi connectivity index (χ3n) is 5.32. The first kappa shape index (κ1) is 14.7. The minimum Gasteiger partial charge on any atom is -0.497 e. The second-order valence-electron chi connectivity index (χ2n) is 7.10. The van der Waals surface area contributed by atoms with Crippen LogP contribution in [0.25, 0.3) is 0 Å². The highest BCUT2D eigenvalue weighted by Crippen LogP contribution is 2.48. The Balaban J connectivity index is 1.89. The first-order valence-electron chi connectivity index (χ1n) is 8.15. The molecule has 3 heteroatoms. The summed E-state index contributed by atoms with van der Waals surface area (Å²) in [4.78, 5) is 0. The van der Waals surface area contributed by atoms with Crippen LogP contribution in [0, 0.1) is 11.8 Å². The van der Waals surface area contributed by atoms with E-state index in [1.807, 2.05) is 12.1 Å². The third kappa shape index (κ3) is 2.76. The van der Waals surface area contributed by atoms with E-state index in [1.165, 1.54) is 12.8 Å². The Morgan fingerprint density at radius 1 is 1.33 bits per heavy atom. The van der Waals surface area contributed by atoms with Crippen LogP contribution in [0.3, 0.4) is 0 Å². The molecule has 0 aromatic heterocycles. The van der Waals surface area contributed by atoms with Gasteiger partial charge in [-0.15, -0.1) is 0 Å². The fourth-order valence-electron chi connectivity index (χ4n) is 4.04. The van der Waals surface area contributed by atoms with Crippen molar-refractivity contribution in [1.82, 2.24) is 0 Å². The van der Waals surface area contributed by atoms with Gasteiger partial charge in [0.15, 0.2) is 0 Å². The van der Waals surface area contributed by atoms with Crippen LogP contribution in [-0.2, 0) is 0 Å². The highest BCUT2D eigenvalue weighted by Gasteiger charge is 2.44. The molecular formula is C18H27NO2. The van der Waals surface area contributed by atoms with E-state index in [4.69, 9.17) is 15.2 Å². The molecule has 0 amide bonds. The highest BCUT2D eigenvalue weighted by molar-refractivity contribution is 5.44. The van der Waals surface area contributed by atoms with Gasteiger partial charge >= 0.3 is 0 Å². The van der Waals surface area contributed by atoms with Crippen LogP contribution in [0.2, 0.25) is 0 Å². The maximum atomic E-state index is 6.49. The number of methoxy groups -OCH3 is 1. The van der Waals surface area contributed by atoms with Crippen LogP contribution in [0.4, 0.5) is 0 Å². The SMILES string of the molecule is COc1ccc2c(c1)OC1(CCCC(C(C)C)C1)CC2N. The van der Waals surface area contributed by atoms with E-state index in [1.54, 1.807) is 7.11 Å². The van der Waals surface area contributed by atoms with Crippen molar-refractivity contribution in [3.05, 3.63) is 23.8 Å². The first-order valence-corrected chi connectivity index (χ1v) is 8.15. The molecule has 1 spiro atoms. The Kier molecular flexibility index (Phi) is 3.87. The summed E-state index contributed by atoms with van der Waals surface area (Å²) in [5.41, 5.74) is 7.50. The lowest BCUT2D eigenvalue weighted by Crippen LogP contribution is -2.47. The summed E-state index contributed by atoms with van der Waals surface area (Å²) < 4.78 is 11.8. The quantitative estimate of drug-likeness (QED) is 0.893. The van der Waals surface area contributed by atoms with Crippen LogP contribution in [0.15, 0.2) is 18.2 Å². The molecule has 3 rings (SSSR count). The van der Waals surface area contributed by atoms with Gasteiger partial charge in [-0.3, -0.25) is 0 Å². The molecular weight excluding hydrogens is 262 g/mol. The van der Waals surface area contributed by atoms with Gasteiger partial charge in [-0.2, -0.15) is 0 Å². The van der Waals surface area contributed by atoms with Crippen LogP contribution in [0.1, 0.15) is 57.6 Å². The van der Waals surface area contributed by atoms with Crippen molar-refractivity contribution >= 4 is 0 Å². The summed E-state index contributed by atoms with van der Waals surface area (Å²) in [5, 5.41) is 0. The molecule has 3 nitrogen and oxygen atoms in total. The van der Waals surface area contributed by atoms with Gasteiger partial charge in [0, 0.05) is 24.1 Å². The second-order valence-corrected chi connectivity index (χ2v) is 7.10. The lowest BCUT2D eigenvalue weighted by molar-refractivity contribution is -0.0250. The van der Waals surface area contributed by atoms with Crippen molar-refractivity contribution in [2.24, 2.45) is 17.6 Å². The zero-order chi connectivity index (χ0) is 15.0. The van der Waals surface area contributed by atoms with Gasteiger partial charge in [0.05, 0.1) is 7.11 Å². The average Bonchev–Trinajstić information content (AvgIpc) is 2.46. The van der Waals surface area contributed by atoms with Crippen LogP contribution in [-0.4, -0.2) is 12.7 Å². The summed E-state index contributed by atoms with van der Waals surface area (Å²) in [6.07, 6.45) is 5.77. The van der Waals surface area contributed by atoms with E-state index in [2.05, 4.69) is 19.9 Å². The molecule has 1 fully saturated rings. The van der Waals surface area contributed by atoms with Gasteiger partial charge in [-0.1, -0.05) is 19.9 Å². The van der Waals surface area contributed by atoms with Gasteiger partial charge in [-0.25, -0.2) is 0 Å². The summed E-state index contributed by atoms with van der Waals surface area (Å²) in [6, 6.07) is 6.09. The maximum Gasteiger partial charge on any atom is 0.128 e. The van der Waals surface area contributed by atoms with Crippen molar-refractivity contribution in [1.29, 1.82) is 0 Å². The van der Waals surface area contributed by atoms with Crippen molar-refractivity contribution in [2.75, 3.05) is 7.11 Å². The van der Waals surface area contributed by atoms with Crippen molar-refractivity contribution in [3.8, 4) is 11.5 Å². The second kappa shape index (κ2) is 5.53. The summed E-state index contributed by atoms with van der Waals surface area (Å²) in [7, 11) is 1.69. The van der Waals surface area contributed by atoms with E-state index in [0.717, 1.165) is 42.2 Å². The molecule has 1 aliphatic heterocycles. The Bertz CT molecular complexity index is 514. The molecule has 2 N–H and O–H groups in total. The standard InChI is InChI=1S/C18H27NO2/c1-12(2)13-5-4-8-18(10-13)11-16(19)15-7-6-14(20-3)9-17(15)21-18/h6-7,9,12-13,16H,4-5,8,10-11,19H2,1-3H3. The Hall–Kier alpha value is -1.22. The van der Waals surface area contributed by atoms with Gasteiger partial charge in [0.1, 0.15) is 17.1 Å². The van der Waals surface area contributed by atoms with Crippen molar-refractivity contribution in [2.45, 2.75) is 57.6 Å². The summed E-state index contributed by atoms with van der Waals surface area (Å²) in [6.45, 7) is 4.65. The number of ether oxygens (including phenoxy) is 2. The topological polar surface area (TPSA) is 44.5 Å². The maximum absolute atomic E-state index is 6.49. The molecule has 3 unspecified atom stereocenters. The average molecular weight is 289 g/mol. The predicted molar refractivity (Wildman–Crippen MR) is 84.7 cm³/mol. The van der Waals surface area contributed by atoms with Gasteiger partial charge < -0.3 is 15.2 Å². The minimum absolute atomic E-state index is 0.0635. The summed E-state index contributed by atoms with van der Waals surface area (Å²) >= 11 is 0. The van der Waals surface area contributed by atoms with E-state index in [9.17, 15) is 0 Å². The number of benzene rings is 1. The molecule has 1 aromatic rings. The van der Waals surface area contributed by atoms with E-state index >= 15 is 0 Å². The number of nitrogens with two attached hydrogens (primary N) is 1. The predicted octanol–water partition coefficient (Wildman–Crippen LogP) is 4.06. The highest BCUT2D eigenvalue weighted by atomic mass is 16.5. The molecule has 1 aliphatic carbocycles. The Morgan fingerprint density at radius 3 is 2.86 bits per heavy atom. The number of fused-ring (bicyclic) bond motifs is 1. The Labute approximate surface area is 127 Å². The monoisotopic (exact) mass is 289 g/mol. The van der Waals surface area contributed by atoms with Gasteiger partial charge in [-0.05, 0) is 43.6 Å². The lowest BCUT2D eigenvalue weighted by Gasteiger charge is -2.47. The lowest BCUT2D eigenvalue weighted by atomic mass is 9.70. The van der Waals surface area contributed by atoms with Crippen LogP contribution >= 0.6 is 0 Å². The normalized spacial score (nSPS) is 31.9. The fourth-order valence-corrected chi connectivity index (χ4v) is 4.04. The third-order valence-corrected chi connectivity index (χ3v) is 5.32.